The molecule has 3 aromatic rings. The molecule has 232 valence electrons. The molecule has 0 bridgehead atoms. The molecule has 0 fully saturated rings. The molecule has 0 saturated heterocycles. The molecule has 1 N–H and O–H groups in total. The summed E-state index contributed by atoms with van der Waals surface area (Å²) in [6, 6.07) is 20.2. The number of hydrogen-bond acceptors (Lipinski definition) is 3. The van der Waals surface area contributed by atoms with E-state index in [9.17, 15) is 0 Å². The van der Waals surface area contributed by atoms with E-state index < -0.39 is 0 Å². The maximum Gasteiger partial charge on any atom is 0.161 e. The Bertz CT molecular complexity index is 1760. The summed E-state index contributed by atoms with van der Waals surface area (Å²) >= 11 is 0. The van der Waals surface area contributed by atoms with Crippen molar-refractivity contribution in [2.24, 2.45) is 15.0 Å². The van der Waals surface area contributed by atoms with Gasteiger partial charge in [-0.25, -0.2) is 9.98 Å². The van der Waals surface area contributed by atoms with Crippen LogP contribution in [0.3, 0.4) is 0 Å². The predicted octanol–water partition coefficient (Wildman–Crippen LogP) is 10.2. The molecule has 0 aliphatic heterocycles. The van der Waals surface area contributed by atoms with Gasteiger partial charge in [-0.2, -0.15) is 0 Å². The molecule has 2 aromatic carbocycles. The molecule has 0 amide bonds. The van der Waals surface area contributed by atoms with Crippen LogP contribution in [0.15, 0.2) is 166 Å². The number of rotatable bonds is 12. The van der Waals surface area contributed by atoms with Gasteiger partial charge >= 0.3 is 0 Å². The second-order valence-electron chi connectivity index (χ2n) is 10.4. The van der Waals surface area contributed by atoms with Crippen molar-refractivity contribution in [3.63, 3.8) is 0 Å². The minimum atomic E-state index is 0.365. The Labute approximate surface area is 274 Å². The van der Waals surface area contributed by atoms with Gasteiger partial charge in [0.1, 0.15) is 0 Å². The highest BCUT2D eigenvalue weighted by Gasteiger charge is 2.11. The summed E-state index contributed by atoms with van der Waals surface area (Å²) in [5, 5.41) is 8.46. The lowest BCUT2D eigenvalue weighted by Crippen LogP contribution is -2.07. The third-order valence-electron chi connectivity index (χ3n) is 7.31. The molecule has 0 spiro atoms. The van der Waals surface area contributed by atoms with Crippen LogP contribution in [0.25, 0.3) is 16.7 Å². The lowest BCUT2D eigenvalue weighted by atomic mass is 9.98. The zero-order valence-electron chi connectivity index (χ0n) is 27.5. The van der Waals surface area contributed by atoms with Crippen LogP contribution in [0.2, 0.25) is 0 Å². The van der Waals surface area contributed by atoms with Gasteiger partial charge < -0.3 is 5.41 Å². The van der Waals surface area contributed by atoms with Crippen molar-refractivity contribution in [1.29, 1.82) is 5.41 Å². The van der Waals surface area contributed by atoms with Crippen molar-refractivity contribution in [2.45, 2.75) is 34.6 Å². The summed E-state index contributed by atoms with van der Waals surface area (Å²) in [6.45, 7) is 17.9. The number of aromatic nitrogens is 1. The van der Waals surface area contributed by atoms with Crippen LogP contribution >= 0.6 is 0 Å². The average Bonchev–Trinajstić information content (AvgIpc) is 3.09. The first-order valence-electron chi connectivity index (χ1n) is 15.2. The number of benzene rings is 2. The Morgan fingerprint density at radius 2 is 1.33 bits per heavy atom. The number of aliphatic imine (C=N–C) groups is 3. The monoisotopic (exact) mass is 605 g/mol. The molecule has 1 heterocycles. The van der Waals surface area contributed by atoms with Gasteiger partial charge in [-0.3, -0.25) is 9.98 Å². The predicted molar refractivity (Wildman–Crippen MR) is 200 cm³/mol. The molecule has 3 rings (SSSR count). The molecular weight excluding hydrogens is 562 g/mol. The Morgan fingerprint density at radius 1 is 0.739 bits per heavy atom. The van der Waals surface area contributed by atoms with Gasteiger partial charge in [0.2, 0.25) is 0 Å². The van der Waals surface area contributed by atoms with E-state index in [0.717, 1.165) is 50.1 Å². The standard InChI is InChI=1S/C41H43N5/c1-8-12-16-38(30(5)31(6)39(42)15-11-4)29-45-41(37-23-19-34(20-24-37)35-25-27-44-28-26-35)46-40(43-7)36-21-17-33(18-22-36)32(13-9-2)14-10-3/h8-28,42H,2,7,29H2,1,3-6H3/b12-8-,14-10-,15-11-,31-30+,32-13+,38-16-,42-39?,45-41?,46-40?. The molecule has 0 atom stereocenters. The summed E-state index contributed by atoms with van der Waals surface area (Å²) < 4.78 is 0. The molecule has 5 heteroatoms. The fraction of sp³-hybridized carbons (Fsp3) is 0.146. The molecular formula is C41H43N5. The Hall–Kier alpha value is -5.55. The Kier molecular flexibility index (Phi) is 13.9. The normalized spacial score (nSPS) is 13.8. The first-order chi connectivity index (χ1) is 22.4. The lowest BCUT2D eigenvalue weighted by molar-refractivity contribution is 1.12. The number of amidine groups is 2. The molecule has 5 nitrogen and oxygen atoms in total. The fourth-order valence-electron chi connectivity index (χ4n) is 4.61. The number of nitrogens with zero attached hydrogens (tertiary/aromatic N) is 4. The van der Waals surface area contributed by atoms with Crippen molar-refractivity contribution in [1.82, 2.24) is 4.98 Å². The first-order valence-corrected chi connectivity index (χ1v) is 15.2. The van der Waals surface area contributed by atoms with E-state index in [1.165, 1.54) is 0 Å². The van der Waals surface area contributed by atoms with Gasteiger partial charge in [0.15, 0.2) is 11.7 Å². The second-order valence-corrected chi connectivity index (χ2v) is 10.4. The smallest absolute Gasteiger partial charge is 0.161 e. The largest absolute Gasteiger partial charge is 0.301 e. The maximum atomic E-state index is 8.46. The third-order valence-corrected chi connectivity index (χ3v) is 7.31. The molecule has 0 radical (unpaired) electrons. The summed E-state index contributed by atoms with van der Waals surface area (Å²) in [5.41, 5.74) is 9.32. The van der Waals surface area contributed by atoms with E-state index in [1.807, 2.05) is 120 Å². The number of hydrogen-bond donors (Lipinski definition) is 1. The van der Waals surface area contributed by atoms with Crippen LogP contribution in [0, 0.1) is 5.41 Å². The quantitative estimate of drug-likeness (QED) is 0.124. The molecule has 1 aromatic heterocycles. The zero-order valence-corrected chi connectivity index (χ0v) is 27.5. The highest BCUT2D eigenvalue weighted by Crippen LogP contribution is 2.22. The van der Waals surface area contributed by atoms with Crippen LogP contribution in [-0.4, -0.2) is 35.6 Å². The SMILES string of the molecule is C=C/C=C(\C=C/C)c1ccc(C(N=C)=NC(=NCC(=C/C=C\C)/C(C)=C(\C)C(=N)/C=C\C)c2ccc(-c3ccncc3)cc2)cc1. The molecule has 0 unspecified atom stereocenters. The van der Waals surface area contributed by atoms with Crippen molar-refractivity contribution in [3.05, 3.63) is 168 Å². The van der Waals surface area contributed by atoms with Crippen LogP contribution in [-0.2, 0) is 0 Å². The van der Waals surface area contributed by atoms with Crippen LogP contribution in [0.4, 0.5) is 0 Å². The summed E-state index contributed by atoms with van der Waals surface area (Å²) in [4.78, 5) is 18.5. The fourth-order valence-corrected chi connectivity index (χ4v) is 4.61. The van der Waals surface area contributed by atoms with E-state index in [1.54, 1.807) is 24.5 Å². The highest BCUT2D eigenvalue weighted by atomic mass is 15.0. The second kappa shape index (κ2) is 18.3. The minimum absolute atomic E-state index is 0.365. The van der Waals surface area contributed by atoms with Crippen molar-refractivity contribution in [3.8, 4) is 11.1 Å². The molecule has 46 heavy (non-hydrogen) atoms. The number of pyridine rings is 1. The average molecular weight is 606 g/mol. The summed E-state index contributed by atoms with van der Waals surface area (Å²) in [6.07, 6.45) is 21.1. The van der Waals surface area contributed by atoms with E-state index in [2.05, 4.69) is 41.5 Å². The van der Waals surface area contributed by atoms with Gasteiger partial charge in [0.25, 0.3) is 0 Å². The maximum absolute atomic E-state index is 8.46. The number of nitrogens with one attached hydrogen (secondary N) is 1. The van der Waals surface area contributed by atoms with Gasteiger partial charge in [0, 0.05) is 23.5 Å². The summed E-state index contributed by atoms with van der Waals surface area (Å²) in [7, 11) is 0. The third kappa shape index (κ3) is 9.73. The van der Waals surface area contributed by atoms with Crippen molar-refractivity contribution < 1.29 is 0 Å². The van der Waals surface area contributed by atoms with E-state index >= 15 is 0 Å². The van der Waals surface area contributed by atoms with Crippen molar-refractivity contribution >= 4 is 29.7 Å². The minimum Gasteiger partial charge on any atom is -0.301 e. The van der Waals surface area contributed by atoms with Crippen LogP contribution < -0.4 is 0 Å². The highest BCUT2D eigenvalue weighted by molar-refractivity contribution is 6.13. The van der Waals surface area contributed by atoms with E-state index in [-0.39, 0.29) is 0 Å². The zero-order chi connectivity index (χ0) is 33.3. The Morgan fingerprint density at radius 3 is 1.91 bits per heavy atom. The molecule has 0 saturated carbocycles. The van der Waals surface area contributed by atoms with Gasteiger partial charge in [0.05, 0.1) is 12.3 Å². The van der Waals surface area contributed by atoms with Gasteiger partial charge in [-0.15, -0.1) is 0 Å². The van der Waals surface area contributed by atoms with E-state index in [4.69, 9.17) is 15.4 Å². The van der Waals surface area contributed by atoms with E-state index in [0.29, 0.717) is 23.9 Å². The molecule has 0 aliphatic rings. The van der Waals surface area contributed by atoms with Gasteiger partial charge in [-0.05, 0) is 98.5 Å². The Balaban J connectivity index is 2.13. The first kappa shape index (κ1) is 34.9. The van der Waals surface area contributed by atoms with Gasteiger partial charge in [-0.1, -0.05) is 104 Å². The van der Waals surface area contributed by atoms with Crippen LogP contribution in [0.1, 0.15) is 51.3 Å². The van der Waals surface area contributed by atoms with Crippen molar-refractivity contribution in [2.75, 3.05) is 6.54 Å². The summed E-state index contributed by atoms with van der Waals surface area (Å²) in [5.74, 6) is 1.01. The molecule has 0 aliphatic carbocycles. The lowest BCUT2D eigenvalue weighted by Gasteiger charge is -2.12. The number of allylic oxidation sites excluding steroid dienone is 11. The topological polar surface area (TPSA) is 73.8 Å². The van der Waals surface area contributed by atoms with Crippen LogP contribution in [0.5, 0.6) is 0 Å².